The van der Waals surface area contributed by atoms with E-state index in [4.69, 9.17) is 9.47 Å². The maximum atomic E-state index is 5.79. The standard InChI is InChI=1S/C22H27NO2.ClH/c1-24-21-11-10-18-19(22(21)25-2)14-17(16-8-4-3-5-9-16)15-20(18)23-12-6-7-13-23;/h3-5,8-11,17,20H,6-7,12-15H2,1-2H3;1H. The molecule has 0 radical (unpaired) electrons. The normalized spacial score (nSPS) is 22.4. The second kappa shape index (κ2) is 8.32. The molecular weight excluding hydrogens is 346 g/mol. The van der Waals surface area contributed by atoms with E-state index in [2.05, 4.69) is 47.4 Å². The van der Waals surface area contributed by atoms with Crippen LogP contribution in [0.15, 0.2) is 42.5 Å². The van der Waals surface area contributed by atoms with Gasteiger partial charge in [0.05, 0.1) is 14.2 Å². The van der Waals surface area contributed by atoms with Gasteiger partial charge in [-0.05, 0) is 61.9 Å². The summed E-state index contributed by atoms with van der Waals surface area (Å²) in [4.78, 5) is 2.67. The van der Waals surface area contributed by atoms with Crippen molar-refractivity contribution in [2.75, 3.05) is 27.3 Å². The van der Waals surface area contributed by atoms with Crippen molar-refractivity contribution in [3.63, 3.8) is 0 Å². The highest BCUT2D eigenvalue weighted by Gasteiger charge is 2.35. The fraction of sp³-hybridized carbons (Fsp3) is 0.455. The molecule has 1 aliphatic carbocycles. The van der Waals surface area contributed by atoms with E-state index in [-0.39, 0.29) is 12.4 Å². The molecule has 1 heterocycles. The molecule has 0 saturated carbocycles. The number of rotatable bonds is 4. The molecule has 4 rings (SSSR count). The summed E-state index contributed by atoms with van der Waals surface area (Å²) in [5.74, 6) is 2.29. The molecule has 0 amide bonds. The second-order valence-electron chi connectivity index (χ2n) is 7.18. The van der Waals surface area contributed by atoms with Crippen molar-refractivity contribution in [2.24, 2.45) is 0 Å². The van der Waals surface area contributed by atoms with Gasteiger partial charge in [0.15, 0.2) is 11.5 Å². The molecular formula is C22H28ClNO2. The summed E-state index contributed by atoms with van der Waals surface area (Å²) < 4.78 is 11.4. The number of ether oxygens (including phenoxy) is 2. The van der Waals surface area contributed by atoms with Crippen LogP contribution in [0.3, 0.4) is 0 Å². The van der Waals surface area contributed by atoms with Crippen molar-refractivity contribution >= 4 is 12.4 Å². The number of hydrogen-bond acceptors (Lipinski definition) is 3. The first-order valence-corrected chi connectivity index (χ1v) is 9.34. The van der Waals surface area contributed by atoms with Crippen LogP contribution in [0.4, 0.5) is 0 Å². The van der Waals surface area contributed by atoms with Crippen LogP contribution in [0.2, 0.25) is 0 Å². The van der Waals surface area contributed by atoms with Crippen LogP contribution in [-0.4, -0.2) is 32.2 Å². The second-order valence-corrected chi connectivity index (χ2v) is 7.18. The lowest BCUT2D eigenvalue weighted by Crippen LogP contribution is -2.31. The van der Waals surface area contributed by atoms with Gasteiger partial charge in [-0.3, -0.25) is 4.90 Å². The van der Waals surface area contributed by atoms with Crippen LogP contribution in [-0.2, 0) is 6.42 Å². The van der Waals surface area contributed by atoms with Gasteiger partial charge in [0.2, 0.25) is 0 Å². The minimum atomic E-state index is 0. The van der Waals surface area contributed by atoms with Gasteiger partial charge >= 0.3 is 0 Å². The molecule has 0 bridgehead atoms. The Balaban J connectivity index is 0.00000196. The molecule has 0 aromatic heterocycles. The predicted molar refractivity (Wildman–Crippen MR) is 108 cm³/mol. The maximum Gasteiger partial charge on any atom is 0.164 e. The molecule has 26 heavy (non-hydrogen) atoms. The number of benzene rings is 2. The monoisotopic (exact) mass is 373 g/mol. The summed E-state index contributed by atoms with van der Waals surface area (Å²) in [7, 11) is 3.48. The van der Waals surface area contributed by atoms with Gasteiger partial charge in [-0.15, -0.1) is 12.4 Å². The molecule has 140 valence electrons. The van der Waals surface area contributed by atoms with Crippen molar-refractivity contribution in [1.82, 2.24) is 4.90 Å². The first-order chi connectivity index (χ1) is 12.3. The Kier molecular flexibility index (Phi) is 6.10. The SMILES string of the molecule is COc1ccc2c(c1OC)CC(c1ccccc1)CC2N1CCCC1.Cl. The summed E-state index contributed by atoms with van der Waals surface area (Å²) in [5, 5.41) is 0. The lowest BCUT2D eigenvalue weighted by atomic mass is 9.76. The van der Waals surface area contributed by atoms with Gasteiger partial charge in [-0.1, -0.05) is 36.4 Å². The zero-order chi connectivity index (χ0) is 17.2. The van der Waals surface area contributed by atoms with E-state index in [1.54, 1.807) is 14.2 Å². The Labute approximate surface area is 162 Å². The Morgan fingerprint density at radius 1 is 0.923 bits per heavy atom. The topological polar surface area (TPSA) is 21.7 Å². The van der Waals surface area contributed by atoms with Gasteiger partial charge in [0.25, 0.3) is 0 Å². The highest BCUT2D eigenvalue weighted by Crippen LogP contribution is 2.48. The van der Waals surface area contributed by atoms with Crippen molar-refractivity contribution in [3.05, 3.63) is 59.2 Å². The molecule has 2 aromatic rings. The fourth-order valence-corrected chi connectivity index (χ4v) is 4.63. The van der Waals surface area contributed by atoms with E-state index < -0.39 is 0 Å². The summed E-state index contributed by atoms with van der Waals surface area (Å²) in [5.41, 5.74) is 4.20. The lowest BCUT2D eigenvalue weighted by molar-refractivity contribution is 0.209. The number of halogens is 1. The minimum absolute atomic E-state index is 0. The van der Waals surface area contributed by atoms with Crippen LogP contribution in [0.1, 0.15) is 47.9 Å². The molecule has 0 N–H and O–H groups in total. The number of fused-ring (bicyclic) bond motifs is 1. The average molecular weight is 374 g/mol. The van der Waals surface area contributed by atoms with Crippen molar-refractivity contribution in [2.45, 2.75) is 37.6 Å². The van der Waals surface area contributed by atoms with Crippen LogP contribution < -0.4 is 9.47 Å². The van der Waals surface area contributed by atoms with E-state index in [0.717, 1.165) is 17.9 Å². The molecule has 0 spiro atoms. The number of methoxy groups -OCH3 is 2. The van der Waals surface area contributed by atoms with Crippen molar-refractivity contribution in [1.29, 1.82) is 0 Å². The zero-order valence-electron chi connectivity index (χ0n) is 15.6. The smallest absolute Gasteiger partial charge is 0.164 e. The molecule has 2 atom stereocenters. The summed E-state index contributed by atoms with van der Waals surface area (Å²) in [6.45, 7) is 2.42. The first-order valence-electron chi connectivity index (χ1n) is 9.34. The van der Waals surface area contributed by atoms with E-state index in [1.165, 1.54) is 49.0 Å². The third-order valence-electron chi connectivity index (χ3n) is 5.85. The predicted octanol–water partition coefficient (Wildman–Crippen LogP) is 4.99. The summed E-state index contributed by atoms with van der Waals surface area (Å²) >= 11 is 0. The third kappa shape index (κ3) is 3.43. The van der Waals surface area contributed by atoms with Gasteiger partial charge in [-0.2, -0.15) is 0 Å². The van der Waals surface area contributed by atoms with Crippen LogP contribution in [0.5, 0.6) is 11.5 Å². The minimum Gasteiger partial charge on any atom is -0.493 e. The Morgan fingerprint density at radius 3 is 2.31 bits per heavy atom. The average Bonchev–Trinajstić information content (AvgIpc) is 3.21. The summed E-state index contributed by atoms with van der Waals surface area (Å²) in [6, 6.07) is 15.8. The highest BCUT2D eigenvalue weighted by atomic mass is 35.5. The third-order valence-corrected chi connectivity index (χ3v) is 5.85. The Hall–Kier alpha value is -1.71. The van der Waals surface area contributed by atoms with Gasteiger partial charge in [0.1, 0.15) is 0 Å². The number of likely N-dealkylation sites (tertiary alicyclic amines) is 1. The molecule has 4 heteroatoms. The van der Waals surface area contributed by atoms with E-state index >= 15 is 0 Å². The van der Waals surface area contributed by atoms with Gasteiger partial charge in [-0.25, -0.2) is 0 Å². The van der Waals surface area contributed by atoms with Crippen molar-refractivity contribution in [3.8, 4) is 11.5 Å². The van der Waals surface area contributed by atoms with Crippen LogP contribution in [0, 0.1) is 0 Å². The Bertz CT molecular complexity index is 728. The molecule has 1 aliphatic heterocycles. The van der Waals surface area contributed by atoms with E-state index in [1.807, 2.05) is 0 Å². The molecule has 2 aliphatic rings. The van der Waals surface area contributed by atoms with E-state index in [0.29, 0.717) is 12.0 Å². The maximum absolute atomic E-state index is 5.79. The van der Waals surface area contributed by atoms with Crippen molar-refractivity contribution < 1.29 is 9.47 Å². The summed E-state index contributed by atoms with van der Waals surface area (Å²) in [6.07, 6.45) is 4.83. The molecule has 3 nitrogen and oxygen atoms in total. The van der Waals surface area contributed by atoms with Gasteiger partial charge < -0.3 is 9.47 Å². The fourth-order valence-electron chi connectivity index (χ4n) is 4.63. The molecule has 2 aromatic carbocycles. The first kappa shape index (κ1) is 19.1. The highest BCUT2D eigenvalue weighted by molar-refractivity contribution is 5.85. The number of hydrogen-bond donors (Lipinski definition) is 0. The Morgan fingerprint density at radius 2 is 1.65 bits per heavy atom. The zero-order valence-corrected chi connectivity index (χ0v) is 16.4. The molecule has 1 fully saturated rings. The quantitative estimate of drug-likeness (QED) is 0.753. The largest absolute Gasteiger partial charge is 0.493 e. The van der Waals surface area contributed by atoms with Gasteiger partial charge in [0, 0.05) is 11.6 Å². The van der Waals surface area contributed by atoms with E-state index in [9.17, 15) is 0 Å². The lowest BCUT2D eigenvalue weighted by Gasteiger charge is -2.38. The van der Waals surface area contributed by atoms with Crippen LogP contribution in [0.25, 0.3) is 0 Å². The number of nitrogens with zero attached hydrogens (tertiary/aromatic N) is 1. The molecule has 1 saturated heterocycles. The van der Waals surface area contributed by atoms with Crippen LogP contribution >= 0.6 is 12.4 Å². The molecule has 2 unspecified atom stereocenters.